The SMILES string of the molecule is CC(=C(C)c1cc(/C(C)=C(/C)c2ccc(-c3ccccc3)nc2)cc(/C(C)=C(/C)c2ccc(-c3ccccc3)cn2)c1)c1ccc(-c2ccccc2)nc1. The third-order valence-corrected chi connectivity index (χ3v) is 10.7. The molecule has 0 aliphatic rings. The second-order valence-electron chi connectivity index (χ2n) is 13.9. The summed E-state index contributed by atoms with van der Waals surface area (Å²) in [6.45, 7) is 13.2. The number of rotatable bonds is 9. The van der Waals surface area contributed by atoms with Crippen LogP contribution in [0.1, 0.15) is 75.1 Å². The Labute approximate surface area is 320 Å². The molecule has 0 saturated heterocycles. The fourth-order valence-electron chi connectivity index (χ4n) is 6.76. The van der Waals surface area contributed by atoms with Gasteiger partial charge >= 0.3 is 0 Å². The summed E-state index contributed by atoms with van der Waals surface area (Å²) in [4.78, 5) is 14.6. The van der Waals surface area contributed by atoms with Gasteiger partial charge in [-0.25, -0.2) is 0 Å². The number of nitrogens with zero attached hydrogens (tertiary/aromatic N) is 3. The van der Waals surface area contributed by atoms with Gasteiger partial charge in [0.1, 0.15) is 0 Å². The lowest BCUT2D eigenvalue weighted by Crippen LogP contribution is -1.96. The Bertz CT molecular complexity index is 2180. The van der Waals surface area contributed by atoms with Crippen LogP contribution in [0.15, 0.2) is 164 Å². The summed E-state index contributed by atoms with van der Waals surface area (Å²) in [7, 11) is 0. The summed E-state index contributed by atoms with van der Waals surface area (Å²) < 4.78 is 0. The van der Waals surface area contributed by atoms with Crippen LogP contribution < -0.4 is 0 Å². The van der Waals surface area contributed by atoms with E-state index in [0.717, 1.165) is 56.0 Å². The maximum Gasteiger partial charge on any atom is 0.0702 e. The van der Waals surface area contributed by atoms with Crippen molar-refractivity contribution >= 4 is 33.4 Å². The Morgan fingerprint density at radius 3 is 1.06 bits per heavy atom. The van der Waals surface area contributed by atoms with Crippen LogP contribution in [0.4, 0.5) is 0 Å². The molecule has 0 amide bonds. The molecule has 0 bridgehead atoms. The van der Waals surface area contributed by atoms with Crippen LogP contribution in [0.25, 0.3) is 67.1 Å². The molecule has 0 fully saturated rings. The molecule has 0 spiro atoms. The normalized spacial score (nSPS) is 12.8. The Balaban J connectivity index is 1.29. The van der Waals surface area contributed by atoms with Crippen molar-refractivity contribution in [2.24, 2.45) is 0 Å². The number of pyridine rings is 3. The minimum atomic E-state index is 0.971. The first-order valence-electron chi connectivity index (χ1n) is 18.5. The maximum atomic E-state index is 4.92. The van der Waals surface area contributed by atoms with E-state index >= 15 is 0 Å². The molecule has 0 atom stereocenters. The number of allylic oxidation sites excluding steroid dienone is 6. The van der Waals surface area contributed by atoms with E-state index in [0.29, 0.717) is 0 Å². The zero-order valence-corrected chi connectivity index (χ0v) is 31.9. The van der Waals surface area contributed by atoms with E-state index in [2.05, 4.69) is 145 Å². The van der Waals surface area contributed by atoms with Gasteiger partial charge in [-0.15, -0.1) is 0 Å². The fraction of sp³-hybridized carbons (Fsp3) is 0.118. The van der Waals surface area contributed by atoms with Crippen molar-refractivity contribution in [3.63, 3.8) is 0 Å². The summed E-state index contributed by atoms with van der Waals surface area (Å²) in [5.74, 6) is 0. The lowest BCUT2D eigenvalue weighted by molar-refractivity contribution is 1.26. The molecule has 7 rings (SSSR count). The standard InChI is InChI=1S/C51H45N3/c1-34(43-22-26-50(53-31-43)41-18-12-8-13-19-41)36(3)46-28-47(37(4)35(2)44-23-27-51(54-32-44)42-20-14-9-15-21-42)30-48(29-46)38(5)39(6)49-25-24-45(33-52-49)40-16-10-7-11-17-40/h7-33H,1-6H3/b36-34-,37-35?,39-38-. The topological polar surface area (TPSA) is 38.7 Å². The first-order chi connectivity index (χ1) is 26.3. The first-order valence-corrected chi connectivity index (χ1v) is 18.5. The summed E-state index contributed by atoms with van der Waals surface area (Å²) in [5, 5.41) is 0. The van der Waals surface area contributed by atoms with Crippen molar-refractivity contribution in [2.75, 3.05) is 0 Å². The molecule has 54 heavy (non-hydrogen) atoms. The van der Waals surface area contributed by atoms with Gasteiger partial charge in [0.25, 0.3) is 0 Å². The predicted octanol–water partition coefficient (Wildman–Crippen LogP) is 13.7. The third-order valence-electron chi connectivity index (χ3n) is 10.7. The van der Waals surface area contributed by atoms with Gasteiger partial charge in [0, 0.05) is 35.3 Å². The molecule has 3 nitrogen and oxygen atoms in total. The second-order valence-corrected chi connectivity index (χ2v) is 13.9. The average Bonchev–Trinajstić information content (AvgIpc) is 3.25. The summed E-state index contributed by atoms with van der Waals surface area (Å²) >= 11 is 0. The van der Waals surface area contributed by atoms with Crippen LogP contribution >= 0.6 is 0 Å². The number of hydrogen-bond donors (Lipinski definition) is 0. The van der Waals surface area contributed by atoms with E-state index in [1.165, 1.54) is 44.6 Å². The number of aromatic nitrogens is 3. The number of hydrogen-bond acceptors (Lipinski definition) is 3. The van der Waals surface area contributed by atoms with E-state index in [9.17, 15) is 0 Å². The highest BCUT2D eigenvalue weighted by molar-refractivity contribution is 5.96. The number of benzene rings is 4. The van der Waals surface area contributed by atoms with Crippen molar-refractivity contribution in [3.05, 3.63) is 198 Å². The Morgan fingerprint density at radius 1 is 0.296 bits per heavy atom. The van der Waals surface area contributed by atoms with E-state index in [1.54, 1.807) is 0 Å². The monoisotopic (exact) mass is 699 g/mol. The third kappa shape index (κ3) is 7.82. The Kier molecular flexibility index (Phi) is 10.7. The molecule has 0 aliphatic carbocycles. The summed E-state index contributed by atoms with van der Waals surface area (Å²) in [6, 6.07) is 50.9. The zero-order valence-electron chi connectivity index (χ0n) is 31.9. The van der Waals surface area contributed by atoms with Crippen LogP contribution in [0.5, 0.6) is 0 Å². The first kappa shape index (κ1) is 35.9. The van der Waals surface area contributed by atoms with Gasteiger partial charge in [-0.2, -0.15) is 0 Å². The molecule has 264 valence electrons. The van der Waals surface area contributed by atoms with Crippen LogP contribution in [0.2, 0.25) is 0 Å². The molecule has 3 aromatic heterocycles. The van der Waals surface area contributed by atoms with E-state index in [4.69, 9.17) is 15.0 Å². The molecular formula is C51H45N3. The van der Waals surface area contributed by atoms with Gasteiger partial charge in [0.2, 0.25) is 0 Å². The van der Waals surface area contributed by atoms with Crippen LogP contribution in [-0.2, 0) is 0 Å². The lowest BCUT2D eigenvalue weighted by Gasteiger charge is -2.17. The zero-order chi connectivity index (χ0) is 37.6. The average molecular weight is 700 g/mol. The summed E-state index contributed by atoms with van der Waals surface area (Å²) in [6.07, 6.45) is 5.96. The van der Waals surface area contributed by atoms with Gasteiger partial charge in [-0.1, -0.05) is 109 Å². The molecule has 4 aromatic carbocycles. The van der Waals surface area contributed by atoms with E-state index in [-0.39, 0.29) is 0 Å². The highest BCUT2D eigenvalue weighted by Crippen LogP contribution is 2.35. The molecule has 0 aliphatic heterocycles. The van der Waals surface area contributed by atoms with Crippen LogP contribution in [0, 0.1) is 0 Å². The molecule has 0 radical (unpaired) electrons. The van der Waals surface area contributed by atoms with Crippen molar-refractivity contribution in [3.8, 4) is 33.6 Å². The van der Waals surface area contributed by atoms with Crippen molar-refractivity contribution < 1.29 is 0 Å². The fourth-order valence-corrected chi connectivity index (χ4v) is 6.76. The molecule has 3 heteroatoms. The maximum absolute atomic E-state index is 4.92. The van der Waals surface area contributed by atoms with E-state index in [1.807, 2.05) is 61.1 Å². The highest BCUT2D eigenvalue weighted by atomic mass is 14.7. The second kappa shape index (κ2) is 16.1. The molecule has 0 unspecified atom stereocenters. The van der Waals surface area contributed by atoms with Crippen molar-refractivity contribution in [1.29, 1.82) is 0 Å². The lowest BCUT2D eigenvalue weighted by atomic mass is 9.88. The Hall–Kier alpha value is -6.45. The highest BCUT2D eigenvalue weighted by Gasteiger charge is 2.14. The van der Waals surface area contributed by atoms with Crippen molar-refractivity contribution in [1.82, 2.24) is 15.0 Å². The minimum Gasteiger partial charge on any atom is -0.256 e. The van der Waals surface area contributed by atoms with Gasteiger partial charge < -0.3 is 0 Å². The Morgan fingerprint density at radius 2 is 0.685 bits per heavy atom. The van der Waals surface area contributed by atoms with Crippen LogP contribution in [-0.4, -0.2) is 15.0 Å². The van der Waals surface area contributed by atoms with Crippen LogP contribution in [0.3, 0.4) is 0 Å². The quantitative estimate of drug-likeness (QED) is 0.151. The molecule has 0 N–H and O–H groups in total. The largest absolute Gasteiger partial charge is 0.256 e. The molecular weight excluding hydrogens is 655 g/mol. The molecule has 7 aromatic rings. The predicted molar refractivity (Wildman–Crippen MR) is 230 cm³/mol. The smallest absolute Gasteiger partial charge is 0.0702 e. The van der Waals surface area contributed by atoms with Gasteiger partial charge in [0.15, 0.2) is 0 Å². The van der Waals surface area contributed by atoms with Gasteiger partial charge in [-0.3, -0.25) is 15.0 Å². The van der Waals surface area contributed by atoms with Crippen molar-refractivity contribution in [2.45, 2.75) is 41.5 Å². The molecule has 0 saturated carbocycles. The minimum absolute atomic E-state index is 0.971. The van der Waals surface area contributed by atoms with Gasteiger partial charge in [0.05, 0.1) is 17.1 Å². The summed E-state index contributed by atoms with van der Waals surface area (Å²) in [5.41, 5.74) is 20.3. The van der Waals surface area contributed by atoms with E-state index < -0.39 is 0 Å². The van der Waals surface area contributed by atoms with Gasteiger partial charge in [-0.05, 0) is 145 Å². The molecule has 3 heterocycles.